The summed E-state index contributed by atoms with van der Waals surface area (Å²) >= 11 is 0. The van der Waals surface area contributed by atoms with Crippen molar-refractivity contribution in [2.45, 2.75) is 209 Å². The molecule has 7 rings (SSSR count). The van der Waals surface area contributed by atoms with Crippen molar-refractivity contribution in [1.29, 1.82) is 0 Å². The van der Waals surface area contributed by atoms with Gasteiger partial charge in [-0.15, -0.1) is 0 Å². The molecular formula is C50H75N3O16. The van der Waals surface area contributed by atoms with Crippen molar-refractivity contribution < 1.29 is 78.0 Å². The number of nitrogens with zero attached hydrogens (tertiary/aromatic N) is 2. The van der Waals surface area contributed by atoms with Crippen LogP contribution in [0.5, 0.6) is 0 Å². The Labute approximate surface area is 404 Å². The van der Waals surface area contributed by atoms with E-state index in [2.05, 4.69) is 19.2 Å². The first-order valence-electron chi connectivity index (χ1n) is 25.1. The van der Waals surface area contributed by atoms with Gasteiger partial charge in [-0.2, -0.15) is 5.06 Å². The molecule has 1 aromatic rings. The molecule has 1 aromatic carbocycles. The van der Waals surface area contributed by atoms with Gasteiger partial charge in [-0.05, 0) is 64.0 Å². The fraction of sp³-hybridized carbons (Fsp3) is 0.760. The molecule has 386 valence electrons. The summed E-state index contributed by atoms with van der Waals surface area (Å²) in [6, 6.07) is 4.57. The van der Waals surface area contributed by atoms with E-state index in [1.807, 2.05) is 24.3 Å². The number of hydroxylamine groups is 2. The lowest BCUT2D eigenvalue weighted by atomic mass is 9.62. The molecule has 6 aliphatic rings. The van der Waals surface area contributed by atoms with Crippen LogP contribution in [-0.2, 0) is 59.0 Å². The Kier molecular flexibility index (Phi) is 17.6. The van der Waals surface area contributed by atoms with Crippen LogP contribution >= 0.6 is 0 Å². The predicted molar refractivity (Wildman–Crippen MR) is 246 cm³/mol. The molecule has 6 fully saturated rings. The first-order valence-corrected chi connectivity index (χ1v) is 25.1. The van der Waals surface area contributed by atoms with Crippen molar-refractivity contribution in [3.63, 3.8) is 0 Å². The molecule has 0 radical (unpaired) electrons. The van der Waals surface area contributed by atoms with E-state index < -0.39 is 127 Å². The standard InChI is InChI=1S/C50H75N3O16/c1-6-8-10-22-49(23-11-9-7-2)67-40-34-26-50(47(62)52-24-12-15-33(52)44(60)51-32(28-54)20-21-36(56)66-48(3,4)5)42(45(61)64-34)53(69-43(50)41(40)68-49)27-31-18-16-30(17-19-31)14-13-25-63-46-39(59)38(58)37(57)35(29-55)65-46/h13-14,16-19,32-35,37-43,46,54-55,57-59H,6-12,15,20-29H2,1-5H3,(H,51,60)/t32-,33+,34+,35+,37-,38-,39+,40-,41-,42+,43+,46-,50+/m0/s1. The minimum atomic E-state index is -1.55. The van der Waals surface area contributed by atoms with Gasteiger partial charge in [-0.1, -0.05) is 75.9 Å². The molecule has 1 aliphatic carbocycles. The monoisotopic (exact) mass is 974 g/mol. The van der Waals surface area contributed by atoms with Crippen LogP contribution in [0.25, 0.3) is 6.08 Å². The van der Waals surface area contributed by atoms with Crippen LogP contribution < -0.4 is 5.32 Å². The Hall–Kier alpha value is -3.60. The van der Waals surface area contributed by atoms with E-state index in [1.54, 1.807) is 37.8 Å². The second kappa shape index (κ2) is 22.9. The summed E-state index contributed by atoms with van der Waals surface area (Å²) < 4.78 is 36.7. The second-order valence-corrected chi connectivity index (χ2v) is 20.6. The number of hydrogen-bond acceptors (Lipinski definition) is 17. The lowest BCUT2D eigenvalue weighted by molar-refractivity contribution is -0.298. The molecule has 5 heterocycles. The number of ether oxygens (including phenoxy) is 6. The van der Waals surface area contributed by atoms with Crippen LogP contribution in [0.15, 0.2) is 30.3 Å². The molecule has 2 amide bonds. The van der Waals surface area contributed by atoms with Crippen LogP contribution in [0, 0.1) is 5.41 Å². The fourth-order valence-electron chi connectivity index (χ4n) is 10.9. The fourth-order valence-corrected chi connectivity index (χ4v) is 10.9. The zero-order valence-electron chi connectivity index (χ0n) is 40.7. The van der Waals surface area contributed by atoms with E-state index in [-0.39, 0.29) is 39.0 Å². The molecule has 0 aromatic heterocycles. The quantitative estimate of drug-likeness (QED) is 0.0722. The van der Waals surface area contributed by atoms with Gasteiger partial charge in [0.1, 0.15) is 65.9 Å². The molecular weight excluding hydrogens is 899 g/mol. The third kappa shape index (κ3) is 11.7. The average Bonchev–Trinajstić information content (AvgIpc) is 4.05. The van der Waals surface area contributed by atoms with Gasteiger partial charge in [0.05, 0.1) is 32.4 Å². The smallest absolute Gasteiger partial charge is 0.327 e. The number of aliphatic hydroxyl groups excluding tert-OH is 5. The molecule has 0 unspecified atom stereocenters. The average molecular weight is 974 g/mol. The highest BCUT2D eigenvalue weighted by Gasteiger charge is 2.77. The van der Waals surface area contributed by atoms with Crippen molar-refractivity contribution >= 4 is 29.8 Å². The number of likely N-dealkylation sites (tertiary alicyclic amines) is 1. The number of benzene rings is 1. The minimum Gasteiger partial charge on any atom is -0.460 e. The highest BCUT2D eigenvalue weighted by Crippen LogP contribution is 2.59. The minimum absolute atomic E-state index is 0.0174. The zero-order chi connectivity index (χ0) is 49.7. The van der Waals surface area contributed by atoms with Crippen LogP contribution in [0.2, 0.25) is 0 Å². The normalized spacial score (nSPS) is 33.3. The summed E-state index contributed by atoms with van der Waals surface area (Å²) in [6.07, 6.45) is 1.39. The van der Waals surface area contributed by atoms with Crippen LogP contribution in [0.1, 0.15) is 129 Å². The Morgan fingerprint density at radius 2 is 1.65 bits per heavy atom. The maximum atomic E-state index is 15.6. The van der Waals surface area contributed by atoms with Gasteiger partial charge in [0, 0.05) is 32.2 Å². The molecule has 5 saturated heterocycles. The summed E-state index contributed by atoms with van der Waals surface area (Å²) in [7, 11) is 0. The van der Waals surface area contributed by atoms with Crippen LogP contribution in [-0.4, -0.2) is 170 Å². The number of hydrogen-bond donors (Lipinski definition) is 6. The predicted octanol–water partition coefficient (Wildman–Crippen LogP) is 2.55. The van der Waals surface area contributed by atoms with E-state index in [0.29, 0.717) is 25.7 Å². The number of unbranched alkanes of at least 4 members (excludes halogenated alkanes) is 4. The summed E-state index contributed by atoms with van der Waals surface area (Å²) in [5, 5.41) is 54.6. The highest BCUT2D eigenvalue weighted by molar-refractivity contribution is 5.96. The van der Waals surface area contributed by atoms with Gasteiger partial charge in [0.2, 0.25) is 11.8 Å². The Balaban J connectivity index is 1.11. The van der Waals surface area contributed by atoms with Gasteiger partial charge in [0.25, 0.3) is 0 Å². The molecule has 1 saturated carbocycles. The third-order valence-corrected chi connectivity index (χ3v) is 14.3. The number of aliphatic hydroxyl groups is 5. The van der Waals surface area contributed by atoms with E-state index in [0.717, 1.165) is 49.7 Å². The van der Waals surface area contributed by atoms with Crippen LogP contribution in [0.3, 0.4) is 0 Å². The van der Waals surface area contributed by atoms with Gasteiger partial charge in [-0.3, -0.25) is 24.0 Å². The molecule has 13 atom stereocenters. The van der Waals surface area contributed by atoms with Crippen molar-refractivity contribution in [3.05, 3.63) is 41.5 Å². The number of nitrogens with one attached hydrogen (secondary N) is 1. The Bertz CT molecular complexity index is 1930. The molecule has 69 heavy (non-hydrogen) atoms. The topological polar surface area (TPSA) is 253 Å². The van der Waals surface area contributed by atoms with Gasteiger partial charge >= 0.3 is 11.9 Å². The summed E-state index contributed by atoms with van der Waals surface area (Å²) in [5.74, 6) is -2.91. The lowest BCUT2D eigenvalue weighted by Gasteiger charge is -2.50. The molecule has 6 N–H and O–H groups in total. The van der Waals surface area contributed by atoms with Gasteiger partial charge in [-0.25, -0.2) is 0 Å². The summed E-state index contributed by atoms with van der Waals surface area (Å²) in [5.41, 5.74) is -0.650. The number of fused-ring (bicyclic) bond motifs is 4. The van der Waals surface area contributed by atoms with Crippen molar-refractivity contribution in [3.8, 4) is 0 Å². The molecule has 5 aliphatic heterocycles. The van der Waals surface area contributed by atoms with Crippen molar-refractivity contribution in [1.82, 2.24) is 15.3 Å². The maximum Gasteiger partial charge on any atom is 0.327 e. The van der Waals surface area contributed by atoms with E-state index >= 15 is 4.79 Å². The van der Waals surface area contributed by atoms with Crippen LogP contribution in [0.4, 0.5) is 0 Å². The van der Waals surface area contributed by atoms with Gasteiger partial charge < -0.3 is 64.2 Å². The summed E-state index contributed by atoms with van der Waals surface area (Å²) in [4.78, 5) is 65.2. The number of carbonyl (C=O) groups excluding carboxylic acids is 4. The largest absolute Gasteiger partial charge is 0.460 e. The van der Waals surface area contributed by atoms with E-state index in [9.17, 15) is 39.9 Å². The first-order chi connectivity index (χ1) is 33.0. The lowest BCUT2D eigenvalue weighted by Crippen LogP contribution is -2.70. The second-order valence-electron chi connectivity index (χ2n) is 20.6. The molecule has 0 spiro atoms. The third-order valence-electron chi connectivity index (χ3n) is 14.3. The maximum absolute atomic E-state index is 15.6. The summed E-state index contributed by atoms with van der Waals surface area (Å²) in [6.45, 7) is 8.90. The molecule has 19 nitrogen and oxygen atoms in total. The SMILES string of the molecule is CCCCCC1(CCCCC)O[C@@H]2[C@H](O1)[C@H]1ON(Cc3ccc(C=CCO[C@H]4O[C@H](CO)[C@H](O)[C@H](O)[C@H]4O)cc3)[C@@H]3C(=O)O[C@@H]2C[C@]13C(=O)N1CCC[C@@H]1C(=O)N[C@H](CO)CCC(=O)OC(C)(C)C. The van der Waals surface area contributed by atoms with Crippen molar-refractivity contribution in [2.24, 2.45) is 5.41 Å². The van der Waals surface area contributed by atoms with Gasteiger partial charge in [0.15, 0.2) is 18.1 Å². The zero-order valence-corrected chi connectivity index (χ0v) is 40.7. The van der Waals surface area contributed by atoms with E-state index in [4.69, 9.17) is 33.3 Å². The van der Waals surface area contributed by atoms with Crippen molar-refractivity contribution in [2.75, 3.05) is 26.4 Å². The molecule has 19 heteroatoms. The number of amides is 2. The number of esters is 2. The molecule has 2 bridgehead atoms. The first kappa shape index (κ1) is 53.2. The number of rotatable bonds is 22. The Morgan fingerprint density at radius 3 is 2.30 bits per heavy atom. The Morgan fingerprint density at radius 1 is 0.957 bits per heavy atom. The van der Waals surface area contributed by atoms with E-state index in [1.165, 1.54) is 5.06 Å². The number of carbonyl (C=O) groups is 4. The highest BCUT2D eigenvalue weighted by atomic mass is 16.8.